The number of pyridine rings is 1. The van der Waals surface area contributed by atoms with Gasteiger partial charge in [0.15, 0.2) is 0 Å². The number of likely N-dealkylation sites (tertiary alicyclic amines) is 1. The first-order valence-corrected chi connectivity index (χ1v) is 8.79. The molecule has 2 aromatic rings. The highest BCUT2D eigenvalue weighted by Crippen LogP contribution is 2.27. The maximum atomic E-state index is 12.6. The lowest BCUT2D eigenvalue weighted by molar-refractivity contribution is 0.0896. The highest BCUT2D eigenvalue weighted by Gasteiger charge is 2.35. The first-order valence-electron chi connectivity index (χ1n) is 8.79. The zero-order chi connectivity index (χ0) is 18.7. The number of hydrogen-bond donors (Lipinski definition) is 2. The molecule has 7 nitrogen and oxygen atoms in total. The molecule has 1 fully saturated rings. The van der Waals surface area contributed by atoms with E-state index in [1.54, 1.807) is 26.5 Å². The number of amides is 2. The predicted molar refractivity (Wildman–Crippen MR) is 102 cm³/mol. The van der Waals surface area contributed by atoms with Crippen molar-refractivity contribution in [1.82, 2.24) is 15.2 Å². The van der Waals surface area contributed by atoms with Gasteiger partial charge in [-0.3, -0.25) is 9.88 Å². The van der Waals surface area contributed by atoms with Gasteiger partial charge < -0.3 is 20.1 Å². The van der Waals surface area contributed by atoms with Gasteiger partial charge in [0.05, 0.1) is 30.5 Å². The summed E-state index contributed by atoms with van der Waals surface area (Å²) < 4.78 is 10.9. The summed E-state index contributed by atoms with van der Waals surface area (Å²) in [6, 6.07) is 7.53. The summed E-state index contributed by atoms with van der Waals surface area (Å²) in [4.78, 5) is 19.3. The fourth-order valence-electron chi connectivity index (χ4n) is 3.31. The maximum Gasteiger partial charge on any atom is 0.319 e. The molecule has 0 spiro atoms. The summed E-state index contributed by atoms with van der Waals surface area (Å²) in [5, 5.41) is 6.84. The first-order chi connectivity index (χ1) is 12.5. The molecule has 0 aliphatic carbocycles. The Labute approximate surface area is 153 Å². The third kappa shape index (κ3) is 3.89. The van der Waals surface area contributed by atoms with Gasteiger partial charge in [0.2, 0.25) is 0 Å². The number of methoxy groups -OCH3 is 2. The predicted octanol–water partition coefficient (Wildman–Crippen LogP) is 2.47. The molecule has 2 heterocycles. The van der Waals surface area contributed by atoms with Gasteiger partial charge in [-0.25, -0.2) is 4.79 Å². The highest BCUT2D eigenvalue weighted by atomic mass is 16.5. The van der Waals surface area contributed by atoms with Crippen LogP contribution in [0.1, 0.15) is 13.8 Å². The summed E-state index contributed by atoms with van der Waals surface area (Å²) >= 11 is 0. The number of aromatic nitrogens is 1. The van der Waals surface area contributed by atoms with Gasteiger partial charge in [-0.15, -0.1) is 0 Å². The van der Waals surface area contributed by atoms with Crippen LogP contribution >= 0.6 is 0 Å². The van der Waals surface area contributed by atoms with Crippen LogP contribution in [0.2, 0.25) is 0 Å². The van der Waals surface area contributed by atoms with Crippen LogP contribution in [-0.4, -0.2) is 61.4 Å². The Morgan fingerprint density at radius 1 is 1.31 bits per heavy atom. The van der Waals surface area contributed by atoms with Crippen LogP contribution in [0.5, 0.6) is 5.75 Å². The second kappa shape index (κ2) is 7.88. The van der Waals surface area contributed by atoms with Crippen LogP contribution in [0, 0.1) is 0 Å². The van der Waals surface area contributed by atoms with Crippen molar-refractivity contribution >= 4 is 22.6 Å². The molecule has 2 N–H and O–H groups in total. The van der Waals surface area contributed by atoms with E-state index in [0.29, 0.717) is 17.5 Å². The minimum atomic E-state index is -0.275. The molecule has 1 aliphatic rings. The Hall–Kier alpha value is -2.38. The van der Waals surface area contributed by atoms with E-state index < -0.39 is 0 Å². The summed E-state index contributed by atoms with van der Waals surface area (Å²) in [7, 11) is 3.28. The van der Waals surface area contributed by atoms with E-state index in [1.807, 2.05) is 18.2 Å². The fraction of sp³-hybridized carbons (Fsp3) is 0.474. The number of ether oxygens (including phenoxy) is 2. The largest absolute Gasteiger partial charge is 0.497 e. The van der Waals surface area contributed by atoms with Gasteiger partial charge in [0, 0.05) is 43.9 Å². The molecule has 1 aliphatic heterocycles. The molecular formula is C19H26N4O3. The third-order valence-electron chi connectivity index (χ3n) is 4.81. The van der Waals surface area contributed by atoms with E-state index in [1.165, 1.54) is 0 Å². The highest BCUT2D eigenvalue weighted by molar-refractivity contribution is 6.00. The van der Waals surface area contributed by atoms with E-state index in [-0.39, 0.29) is 18.2 Å². The Morgan fingerprint density at radius 3 is 2.81 bits per heavy atom. The van der Waals surface area contributed by atoms with Crippen LogP contribution in [0.25, 0.3) is 10.9 Å². The maximum absolute atomic E-state index is 12.6. The lowest BCUT2D eigenvalue weighted by atomic mass is 10.1. The van der Waals surface area contributed by atoms with Crippen molar-refractivity contribution in [2.24, 2.45) is 0 Å². The number of carbonyl (C=O) groups is 1. The smallest absolute Gasteiger partial charge is 0.319 e. The molecule has 2 atom stereocenters. The molecule has 7 heteroatoms. The van der Waals surface area contributed by atoms with E-state index >= 15 is 0 Å². The SMILES string of the molecule is COc1cc(NC(=O)N[C@@H]2CN(C(C)C)C[C@H]2OC)c2ncccc2c1. The van der Waals surface area contributed by atoms with Crippen LogP contribution < -0.4 is 15.4 Å². The standard InChI is InChI=1S/C19H26N4O3/c1-12(2)23-10-16(17(11-23)26-4)22-19(24)21-15-9-14(25-3)8-13-6-5-7-20-18(13)15/h5-9,12,16-17H,10-11H2,1-4H3,(H2,21,22,24)/t16-,17-/m1/s1. The monoisotopic (exact) mass is 358 g/mol. The van der Waals surface area contributed by atoms with Crippen molar-refractivity contribution in [1.29, 1.82) is 0 Å². The topological polar surface area (TPSA) is 75.7 Å². The molecule has 140 valence electrons. The summed E-state index contributed by atoms with van der Waals surface area (Å²) in [5.41, 5.74) is 1.34. The average Bonchev–Trinajstić information content (AvgIpc) is 3.04. The molecule has 1 aromatic carbocycles. The molecule has 0 radical (unpaired) electrons. The van der Waals surface area contributed by atoms with Gasteiger partial charge >= 0.3 is 6.03 Å². The van der Waals surface area contributed by atoms with Crippen LogP contribution in [0.15, 0.2) is 30.5 Å². The van der Waals surface area contributed by atoms with Crippen molar-refractivity contribution in [3.8, 4) is 5.75 Å². The molecule has 1 saturated heterocycles. The van der Waals surface area contributed by atoms with Gasteiger partial charge in [-0.2, -0.15) is 0 Å². The number of rotatable bonds is 5. The lowest BCUT2D eigenvalue weighted by Gasteiger charge is -2.20. The number of benzene rings is 1. The molecule has 0 unspecified atom stereocenters. The van der Waals surface area contributed by atoms with E-state index in [4.69, 9.17) is 9.47 Å². The van der Waals surface area contributed by atoms with Crippen molar-refractivity contribution in [2.75, 3.05) is 32.6 Å². The van der Waals surface area contributed by atoms with E-state index in [9.17, 15) is 4.79 Å². The molecule has 2 amide bonds. The average molecular weight is 358 g/mol. The Balaban J connectivity index is 1.75. The normalized spacial score (nSPS) is 20.5. The van der Waals surface area contributed by atoms with E-state index in [2.05, 4.69) is 34.4 Å². The van der Waals surface area contributed by atoms with E-state index in [0.717, 1.165) is 24.0 Å². The molecule has 0 saturated carbocycles. The Morgan fingerprint density at radius 2 is 2.12 bits per heavy atom. The number of urea groups is 1. The van der Waals surface area contributed by atoms with Crippen molar-refractivity contribution < 1.29 is 14.3 Å². The van der Waals surface area contributed by atoms with Crippen molar-refractivity contribution in [3.63, 3.8) is 0 Å². The zero-order valence-electron chi connectivity index (χ0n) is 15.7. The van der Waals surface area contributed by atoms with Gasteiger partial charge in [0.25, 0.3) is 0 Å². The van der Waals surface area contributed by atoms with Crippen LogP contribution in [0.4, 0.5) is 10.5 Å². The van der Waals surface area contributed by atoms with Crippen LogP contribution in [0.3, 0.4) is 0 Å². The minimum absolute atomic E-state index is 0.0247. The van der Waals surface area contributed by atoms with Gasteiger partial charge in [0.1, 0.15) is 5.75 Å². The number of hydrogen-bond acceptors (Lipinski definition) is 5. The number of nitrogens with one attached hydrogen (secondary N) is 2. The van der Waals surface area contributed by atoms with Crippen molar-refractivity contribution in [2.45, 2.75) is 32.0 Å². The summed E-state index contributed by atoms with van der Waals surface area (Å²) in [5.74, 6) is 0.669. The molecule has 26 heavy (non-hydrogen) atoms. The second-order valence-electron chi connectivity index (χ2n) is 6.78. The summed E-state index contributed by atoms with van der Waals surface area (Å²) in [6.07, 6.45) is 1.68. The van der Waals surface area contributed by atoms with Gasteiger partial charge in [-0.1, -0.05) is 6.07 Å². The molecular weight excluding hydrogens is 332 g/mol. The fourth-order valence-corrected chi connectivity index (χ4v) is 3.31. The second-order valence-corrected chi connectivity index (χ2v) is 6.78. The minimum Gasteiger partial charge on any atom is -0.497 e. The Bertz CT molecular complexity index is 780. The van der Waals surface area contributed by atoms with Crippen LogP contribution in [-0.2, 0) is 4.74 Å². The zero-order valence-corrected chi connectivity index (χ0v) is 15.7. The number of nitrogens with zero attached hydrogens (tertiary/aromatic N) is 2. The third-order valence-corrected chi connectivity index (χ3v) is 4.81. The van der Waals surface area contributed by atoms with Crippen molar-refractivity contribution in [3.05, 3.63) is 30.5 Å². The quantitative estimate of drug-likeness (QED) is 0.859. The molecule has 1 aromatic heterocycles. The number of anilines is 1. The molecule has 0 bridgehead atoms. The number of fused-ring (bicyclic) bond motifs is 1. The van der Waals surface area contributed by atoms with Gasteiger partial charge in [-0.05, 0) is 26.0 Å². The Kier molecular flexibility index (Phi) is 5.58. The summed E-state index contributed by atoms with van der Waals surface area (Å²) in [6.45, 7) is 5.86. The number of carbonyl (C=O) groups excluding carboxylic acids is 1. The lowest BCUT2D eigenvalue weighted by Crippen LogP contribution is -2.45. The molecule has 3 rings (SSSR count). The first kappa shape index (κ1) is 18.4.